The average molecular weight is 592 g/mol. The quantitative estimate of drug-likeness (QED) is 0.112. The molecule has 228 valence electrons. The molecule has 3 aromatic rings. The van der Waals surface area contributed by atoms with Crippen molar-refractivity contribution in [2.75, 3.05) is 13.2 Å². The first-order valence-electron chi connectivity index (χ1n) is 14.0. The molecule has 3 amide bonds. The molecule has 11 heteroatoms. The zero-order chi connectivity index (χ0) is 30.7. The van der Waals surface area contributed by atoms with Crippen LogP contribution in [0.4, 0.5) is 9.59 Å². The number of aliphatic hydroxyl groups excluding tert-OH is 1. The van der Waals surface area contributed by atoms with Crippen molar-refractivity contribution in [1.29, 1.82) is 0 Å². The van der Waals surface area contributed by atoms with Crippen LogP contribution in [0.25, 0.3) is 0 Å². The van der Waals surface area contributed by atoms with Gasteiger partial charge in [0.15, 0.2) is 0 Å². The molecule has 0 aliphatic heterocycles. The minimum atomic E-state index is -1.35. The highest BCUT2D eigenvalue weighted by Gasteiger charge is 2.27. The number of rotatable bonds is 16. The fourth-order valence-electron chi connectivity index (χ4n) is 3.89. The molecule has 0 aromatic heterocycles. The molecule has 2 atom stereocenters. The largest absolute Gasteiger partial charge is 0.459 e. The first kappa shape index (κ1) is 32.6. The molecule has 0 aliphatic rings. The number of nitrogens with one attached hydrogen (secondary N) is 3. The van der Waals surface area contributed by atoms with Crippen LogP contribution < -0.4 is 16.0 Å². The molecular formula is C32H37N3O8. The van der Waals surface area contributed by atoms with E-state index in [4.69, 9.17) is 14.2 Å². The van der Waals surface area contributed by atoms with Crippen LogP contribution in [0, 0.1) is 0 Å². The summed E-state index contributed by atoms with van der Waals surface area (Å²) < 4.78 is 15.7. The summed E-state index contributed by atoms with van der Waals surface area (Å²) in [5, 5.41) is 17.3. The smallest absolute Gasteiger partial charge is 0.408 e. The molecule has 0 saturated carbocycles. The Hall–Kier alpha value is -4.90. The van der Waals surface area contributed by atoms with Gasteiger partial charge >= 0.3 is 18.2 Å². The molecule has 0 radical (unpaired) electrons. The summed E-state index contributed by atoms with van der Waals surface area (Å²) in [6.45, 7) is -0.286. The maximum absolute atomic E-state index is 12.9. The van der Waals surface area contributed by atoms with Gasteiger partial charge in [0.05, 0.1) is 6.61 Å². The van der Waals surface area contributed by atoms with E-state index in [1.807, 2.05) is 54.6 Å². The third-order valence-corrected chi connectivity index (χ3v) is 6.23. The number of ether oxygens (including phenoxy) is 3. The molecule has 0 bridgehead atoms. The summed E-state index contributed by atoms with van der Waals surface area (Å²) in [7, 11) is 0. The van der Waals surface area contributed by atoms with Crippen LogP contribution in [-0.4, -0.2) is 54.4 Å². The van der Waals surface area contributed by atoms with Crippen molar-refractivity contribution in [3.05, 3.63) is 108 Å². The van der Waals surface area contributed by atoms with E-state index in [2.05, 4.69) is 16.0 Å². The molecule has 0 saturated heterocycles. The molecule has 3 aromatic carbocycles. The molecule has 11 nitrogen and oxygen atoms in total. The van der Waals surface area contributed by atoms with Crippen LogP contribution >= 0.6 is 0 Å². The molecule has 43 heavy (non-hydrogen) atoms. The first-order valence-corrected chi connectivity index (χ1v) is 14.0. The first-order chi connectivity index (χ1) is 20.9. The Morgan fingerprint density at radius 2 is 1.09 bits per heavy atom. The Morgan fingerprint density at radius 3 is 1.60 bits per heavy atom. The molecule has 0 aliphatic carbocycles. The summed E-state index contributed by atoms with van der Waals surface area (Å²) in [5.41, 5.74) is 2.39. The highest BCUT2D eigenvalue weighted by molar-refractivity contribution is 5.89. The zero-order valence-corrected chi connectivity index (χ0v) is 23.8. The Labute approximate surface area is 250 Å². The summed E-state index contributed by atoms with van der Waals surface area (Å²) in [6.07, 6.45) is -0.331. The lowest BCUT2D eigenvalue weighted by Crippen LogP contribution is -2.53. The molecule has 3 rings (SSSR count). The van der Waals surface area contributed by atoms with Gasteiger partial charge in [-0.25, -0.2) is 14.4 Å². The average Bonchev–Trinajstić information content (AvgIpc) is 3.04. The van der Waals surface area contributed by atoms with Crippen LogP contribution in [0.2, 0.25) is 0 Å². The monoisotopic (exact) mass is 591 g/mol. The number of alkyl carbamates (subject to hydrolysis) is 2. The number of hydrogen-bond acceptors (Lipinski definition) is 8. The molecule has 0 fully saturated rings. The topological polar surface area (TPSA) is 152 Å². The second-order valence-corrected chi connectivity index (χ2v) is 9.58. The van der Waals surface area contributed by atoms with Gasteiger partial charge in [-0.2, -0.15) is 0 Å². The third kappa shape index (κ3) is 12.7. The van der Waals surface area contributed by atoms with Crippen LogP contribution in [0.3, 0.4) is 0 Å². The lowest BCUT2D eigenvalue weighted by atomic mass is 10.1. The maximum atomic E-state index is 12.9. The van der Waals surface area contributed by atoms with E-state index in [-0.39, 0.29) is 26.2 Å². The third-order valence-electron chi connectivity index (χ3n) is 6.23. The lowest BCUT2D eigenvalue weighted by Gasteiger charge is -2.21. The zero-order valence-electron chi connectivity index (χ0n) is 23.8. The van der Waals surface area contributed by atoms with E-state index in [0.29, 0.717) is 19.4 Å². The van der Waals surface area contributed by atoms with Crippen molar-refractivity contribution in [1.82, 2.24) is 16.0 Å². The van der Waals surface area contributed by atoms with Gasteiger partial charge in [0.2, 0.25) is 5.91 Å². The van der Waals surface area contributed by atoms with E-state index >= 15 is 0 Å². The van der Waals surface area contributed by atoms with Crippen LogP contribution in [0.1, 0.15) is 36.0 Å². The van der Waals surface area contributed by atoms with Crippen molar-refractivity contribution < 1.29 is 38.5 Å². The summed E-state index contributed by atoms with van der Waals surface area (Å²) in [5.74, 6) is -1.45. The van der Waals surface area contributed by atoms with Crippen molar-refractivity contribution in [2.24, 2.45) is 0 Å². The van der Waals surface area contributed by atoms with Gasteiger partial charge in [-0.3, -0.25) is 4.79 Å². The Bertz CT molecular complexity index is 1280. The highest BCUT2D eigenvalue weighted by Crippen LogP contribution is 2.08. The number of aliphatic hydroxyl groups is 1. The molecule has 0 heterocycles. The second kappa shape index (κ2) is 18.5. The second-order valence-electron chi connectivity index (χ2n) is 9.58. The van der Waals surface area contributed by atoms with Gasteiger partial charge < -0.3 is 35.3 Å². The molecule has 4 N–H and O–H groups in total. The Balaban J connectivity index is 1.48. The van der Waals surface area contributed by atoms with Crippen molar-refractivity contribution in [3.8, 4) is 0 Å². The number of hydrogen-bond donors (Lipinski definition) is 4. The molecular weight excluding hydrogens is 554 g/mol. The summed E-state index contributed by atoms with van der Waals surface area (Å²) in [6, 6.07) is 24.9. The van der Waals surface area contributed by atoms with Crippen molar-refractivity contribution >= 4 is 24.1 Å². The number of amides is 3. The van der Waals surface area contributed by atoms with Gasteiger partial charge in [-0.15, -0.1) is 0 Å². The molecule has 0 unspecified atom stereocenters. The van der Waals surface area contributed by atoms with E-state index in [9.17, 15) is 24.3 Å². The molecule has 0 spiro atoms. The van der Waals surface area contributed by atoms with Gasteiger partial charge in [-0.05, 0) is 36.0 Å². The minimum Gasteiger partial charge on any atom is -0.459 e. The van der Waals surface area contributed by atoms with Crippen LogP contribution in [-0.2, 0) is 43.6 Å². The Morgan fingerprint density at radius 1 is 0.605 bits per heavy atom. The standard InChI is InChI=1S/C32H37N3O8/c36-20-28(35-32(40)43-23-26-16-8-3-9-17-26)29(37)34-27(30(38)41-21-24-12-4-1-5-13-24)18-10-11-19-33-31(39)42-22-25-14-6-2-7-15-25/h1-9,12-17,27-28,36H,10-11,18-23H2,(H,33,39)(H,34,37)(H,35,40)/t27-,28-/m0/s1. The van der Waals surface area contributed by atoms with Gasteiger partial charge in [-0.1, -0.05) is 91.0 Å². The number of benzene rings is 3. The minimum absolute atomic E-state index is 0.00828. The van der Waals surface area contributed by atoms with Gasteiger partial charge in [0.25, 0.3) is 0 Å². The van der Waals surface area contributed by atoms with Crippen molar-refractivity contribution in [3.63, 3.8) is 0 Å². The lowest BCUT2D eigenvalue weighted by molar-refractivity contribution is -0.149. The summed E-state index contributed by atoms with van der Waals surface area (Å²) >= 11 is 0. The van der Waals surface area contributed by atoms with Crippen LogP contribution in [0.15, 0.2) is 91.0 Å². The summed E-state index contributed by atoms with van der Waals surface area (Å²) in [4.78, 5) is 50.1. The van der Waals surface area contributed by atoms with Gasteiger partial charge in [0.1, 0.15) is 31.9 Å². The van der Waals surface area contributed by atoms with E-state index < -0.39 is 42.8 Å². The fraction of sp³-hybridized carbons (Fsp3) is 0.312. The van der Waals surface area contributed by atoms with Gasteiger partial charge in [0, 0.05) is 6.54 Å². The number of esters is 1. The van der Waals surface area contributed by atoms with Crippen LogP contribution in [0.5, 0.6) is 0 Å². The maximum Gasteiger partial charge on any atom is 0.408 e. The number of carbonyl (C=O) groups excluding carboxylic acids is 4. The van der Waals surface area contributed by atoms with Crippen molar-refractivity contribution in [2.45, 2.75) is 51.2 Å². The highest BCUT2D eigenvalue weighted by atomic mass is 16.6. The number of carbonyl (C=O) groups is 4. The predicted molar refractivity (Wildman–Crippen MR) is 157 cm³/mol. The SMILES string of the molecule is O=C(NCCCC[C@H](NC(=O)[C@H](CO)NC(=O)OCc1ccccc1)C(=O)OCc1ccccc1)OCc1ccccc1. The van der Waals surface area contributed by atoms with E-state index in [1.54, 1.807) is 36.4 Å². The number of unbranched alkanes of at least 4 members (excludes halogenated alkanes) is 1. The van der Waals surface area contributed by atoms with E-state index in [0.717, 1.165) is 16.7 Å². The Kier molecular flexibility index (Phi) is 14.0. The normalized spacial score (nSPS) is 11.8. The predicted octanol–water partition coefficient (Wildman–Crippen LogP) is 3.60. The fourth-order valence-corrected chi connectivity index (χ4v) is 3.89. The van der Waals surface area contributed by atoms with E-state index in [1.165, 1.54) is 0 Å².